The molecule has 0 N–H and O–H groups in total. The number of hydrogen-bond donors (Lipinski definition) is 0. The first-order valence-corrected chi connectivity index (χ1v) is 9.08. The van der Waals surface area contributed by atoms with Crippen LogP contribution < -0.4 is 9.80 Å². The second-order valence-corrected chi connectivity index (χ2v) is 6.88. The molecule has 7 heteroatoms. The van der Waals surface area contributed by atoms with Gasteiger partial charge < -0.3 is 4.74 Å². The molecule has 0 saturated carbocycles. The van der Waals surface area contributed by atoms with Gasteiger partial charge in [-0.25, -0.2) is 9.69 Å². The summed E-state index contributed by atoms with van der Waals surface area (Å²) in [6, 6.07) is 12.9. The third-order valence-corrected chi connectivity index (χ3v) is 5.13. The predicted octanol–water partition coefficient (Wildman–Crippen LogP) is 3.42. The zero-order valence-corrected chi connectivity index (χ0v) is 15.3. The number of halogens is 1. The molecule has 2 heterocycles. The lowest BCUT2D eigenvalue weighted by molar-refractivity contribution is -0.122. The first-order valence-electron chi connectivity index (χ1n) is 8.70. The summed E-state index contributed by atoms with van der Waals surface area (Å²) in [7, 11) is 0. The molecule has 2 aromatic rings. The summed E-state index contributed by atoms with van der Waals surface area (Å²) in [6.45, 7) is 1.86. The van der Waals surface area contributed by atoms with Crippen LogP contribution in [0, 0.1) is 5.92 Å². The highest BCUT2D eigenvalue weighted by Gasteiger charge is 2.55. The summed E-state index contributed by atoms with van der Waals surface area (Å²) in [5.74, 6) is -1.42. The molecule has 0 aromatic heterocycles. The average molecular weight is 385 g/mol. The maximum Gasteiger partial charge on any atom is 0.415 e. The third kappa shape index (κ3) is 2.77. The second-order valence-electron chi connectivity index (χ2n) is 6.44. The number of rotatable bonds is 2. The van der Waals surface area contributed by atoms with Crippen LogP contribution in [0.3, 0.4) is 0 Å². The minimum absolute atomic E-state index is 0.167. The van der Waals surface area contributed by atoms with E-state index in [0.29, 0.717) is 22.8 Å². The van der Waals surface area contributed by atoms with Crippen LogP contribution in [0.2, 0.25) is 5.02 Å². The molecule has 0 bridgehead atoms. The minimum Gasteiger partial charge on any atom is -0.449 e. The number of para-hydroxylation sites is 1. The molecule has 1 fully saturated rings. The smallest absolute Gasteiger partial charge is 0.415 e. The van der Waals surface area contributed by atoms with Crippen molar-refractivity contribution >= 4 is 40.9 Å². The summed E-state index contributed by atoms with van der Waals surface area (Å²) < 4.78 is 5.17. The van der Waals surface area contributed by atoms with Gasteiger partial charge in [0.15, 0.2) is 0 Å². The van der Waals surface area contributed by atoms with Gasteiger partial charge in [0.05, 0.1) is 23.9 Å². The van der Waals surface area contributed by atoms with Crippen molar-refractivity contribution < 1.29 is 19.1 Å². The highest BCUT2D eigenvalue weighted by molar-refractivity contribution is 6.31. The lowest BCUT2D eigenvalue weighted by Crippen LogP contribution is -2.51. The van der Waals surface area contributed by atoms with Gasteiger partial charge in [0.25, 0.3) is 5.91 Å². The van der Waals surface area contributed by atoms with E-state index in [1.807, 2.05) is 6.07 Å². The summed E-state index contributed by atoms with van der Waals surface area (Å²) >= 11 is 6.10. The maximum atomic E-state index is 13.2. The first kappa shape index (κ1) is 17.5. The lowest BCUT2D eigenvalue weighted by atomic mass is 9.87. The van der Waals surface area contributed by atoms with E-state index in [1.54, 1.807) is 49.4 Å². The Hall–Kier alpha value is -2.86. The number of carbonyl (C=O) groups excluding carboxylic acids is 3. The van der Waals surface area contributed by atoms with Crippen molar-refractivity contribution in [2.45, 2.75) is 19.4 Å². The van der Waals surface area contributed by atoms with Crippen LogP contribution in [0.15, 0.2) is 48.5 Å². The molecule has 1 saturated heterocycles. The van der Waals surface area contributed by atoms with Gasteiger partial charge in [0.2, 0.25) is 5.91 Å². The minimum atomic E-state index is -0.926. The molecule has 4 rings (SSSR count). The molecular weight excluding hydrogens is 368 g/mol. The summed E-state index contributed by atoms with van der Waals surface area (Å²) in [5, 5.41) is 0.507. The molecule has 0 spiro atoms. The number of amides is 3. The first-order chi connectivity index (χ1) is 13.0. The van der Waals surface area contributed by atoms with Gasteiger partial charge in [-0.2, -0.15) is 0 Å². The van der Waals surface area contributed by atoms with Crippen LogP contribution in [0.25, 0.3) is 0 Å². The Balaban J connectivity index is 1.82. The number of ether oxygens (including phenoxy) is 1. The van der Waals surface area contributed by atoms with Crippen molar-refractivity contribution in [3.8, 4) is 0 Å². The molecule has 0 unspecified atom stereocenters. The molecule has 6 nitrogen and oxygen atoms in total. The van der Waals surface area contributed by atoms with Gasteiger partial charge >= 0.3 is 6.09 Å². The van der Waals surface area contributed by atoms with E-state index in [-0.39, 0.29) is 12.5 Å². The van der Waals surface area contributed by atoms with E-state index in [2.05, 4.69) is 0 Å². The fourth-order valence-electron chi connectivity index (χ4n) is 3.78. The van der Waals surface area contributed by atoms with Crippen molar-refractivity contribution in [1.29, 1.82) is 0 Å². The van der Waals surface area contributed by atoms with E-state index in [9.17, 15) is 14.4 Å². The SMILES string of the molecule is CCOC(=O)N1c2ccc(Cl)cc2C[C@H]2C(=O)N(c3ccccc3)C(=O)[C@H]21. The van der Waals surface area contributed by atoms with E-state index in [1.165, 1.54) is 4.90 Å². The third-order valence-electron chi connectivity index (χ3n) is 4.89. The Labute approximate surface area is 161 Å². The zero-order valence-electron chi connectivity index (χ0n) is 14.6. The molecule has 3 amide bonds. The Bertz CT molecular complexity index is 931. The number of imide groups is 1. The molecule has 138 valence electrons. The van der Waals surface area contributed by atoms with Gasteiger partial charge in [-0.3, -0.25) is 14.5 Å². The lowest BCUT2D eigenvalue weighted by Gasteiger charge is -2.35. The largest absolute Gasteiger partial charge is 0.449 e. The molecular formula is C20H17ClN2O4. The molecule has 2 aliphatic rings. The van der Waals surface area contributed by atoms with E-state index in [0.717, 1.165) is 10.5 Å². The average Bonchev–Trinajstić information content (AvgIpc) is 2.91. The standard InChI is InChI=1S/C20H17ClN2O4/c1-2-27-20(26)23-16-9-8-13(21)10-12(16)11-15-17(23)19(25)22(18(15)24)14-6-4-3-5-7-14/h3-10,15,17H,2,11H2,1H3/t15-,17+/m1/s1. The zero-order chi connectivity index (χ0) is 19.1. The van der Waals surface area contributed by atoms with Gasteiger partial charge in [-0.1, -0.05) is 29.8 Å². The molecule has 2 aromatic carbocycles. The predicted molar refractivity (Wildman–Crippen MR) is 101 cm³/mol. The Kier molecular flexibility index (Phi) is 4.36. The van der Waals surface area contributed by atoms with Crippen molar-refractivity contribution in [1.82, 2.24) is 0 Å². The van der Waals surface area contributed by atoms with E-state index >= 15 is 0 Å². The van der Waals surface area contributed by atoms with Crippen LogP contribution in [0.4, 0.5) is 16.2 Å². The second kappa shape index (κ2) is 6.70. The van der Waals surface area contributed by atoms with Gasteiger partial charge in [-0.05, 0) is 49.2 Å². The van der Waals surface area contributed by atoms with Crippen LogP contribution >= 0.6 is 11.6 Å². The Morgan fingerprint density at radius 3 is 2.59 bits per heavy atom. The molecule has 0 aliphatic carbocycles. The maximum absolute atomic E-state index is 13.2. The molecule has 27 heavy (non-hydrogen) atoms. The van der Waals surface area contributed by atoms with Crippen molar-refractivity contribution in [3.63, 3.8) is 0 Å². The van der Waals surface area contributed by atoms with Crippen molar-refractivity contribution in [2.75, 3.05) is 16.4 Å². The number of nitrogens with zero attached hydrogens (tertiary/aromatic N) is 2. The highest BCUT2D eigenvalue weighted by Crippen LogP contribution is 2.41. The molecule has 2 atom stereocenters. The Morgan fingerprint density at radius 1 is 1.15 bits per heavy atom. The number of carbonyl (C=O) groups is 3. The summed E-state index contributed by atoms with van der Waals surface area (Å²) in [6.07, 6.45) is -0.309. The molecule has 2 aliphatic heterocycles. The fraction of sp³-hybridized carbons (Fsp3) is 0.250. The highest BCUT2D eigenvalue weighted by atomic mass is 35.5. The number of hydrogen-bond acceptors (Lipinski definition) is 4. The summed E-state index contributed by atoms with van der Waals surface area (Å²) in [5.41, 5.74) is 1.79. The van der Waals surface area contributed by atoms with Gasteiger partial charge in [-0.15, -0.1) is 0 Å². The summed E-state index contributed by atoms with van der Waals surface area (Å²) in [4.78, 5) is 41.4. The molecule has 0 radical (unpaired) electrons. The normalized spacial score (nSPS) is 21.1. The van der Waals surface area contributed by atoms with Crippen LogP contribution in [0.5, 0.6) is 0 Å². The van der Waals surface area contributed by atoms with Crippen LogP contribution in [-0.4, -0.2) is 30.6 Å². The number of benzene rings is 2. The fourth-order valence-corrected chi connectivity index (χ4v) is 3.97. The number of fused-ring (bicyclic) bond motifs is 2. The van der Waals surface area contributed by atoms with Crippen molar-refractivity contribution in [3.05, 3.63) is 59.1 Å². The monoisotopic (exact) mass is 384 g/mol. The van der Waals surface area contributed by atoms with Crippen LogP contribution in [-0.2, 0) is 20.7 Å². The van der Waals surface area contributed by atoms with Gasteiger partial charge in [0, 0.05) is 5.02 Å². The Morgan fingerprint density at radius 2 is 1.89 bits per heavy atom. The van der Waals surface area contributed by atoms with Crippen LogP contribution in [0.1, 0.15) is 12.5 Å². The van der Waals surface area contributed by atoms with Crippen molar-refractivity contribution in [2.24, 2.45) is 5.92 Å². The number of anilines is 2. The van der Waals surface area contributed by atoms with E-state index in [4.69, 9.17) is 16.3 Å². The van der Waals surface area contributed by atoms with Gasteiger partial charge in [0.1, 0.15) is 6.04 Å². The van der Waals surface area contributed by atoms with E-state index < -0.39 is 24.0 Å². The quantitative estimate of drug-likeness (QED) is 0.744. The topological polar surface area (TPSA) is 66.9 Å².